The van der Waals surface area contributed by atoms with Crippen molar-refractivity contribution in [1.82, 2.24) is 5.32 Å². The number of benzene rings is 1. The fourth-order valence-electron chi connectivity index (χ4n) is 1.60. The van der Waals surface area contributed by atoms with Crippen LogP contribution in [0.2, 0.25) is 5.02 Å². The summed E-state index contributed by atoms with van der Waals surface area (Å²) in [7, 11) is 0. The first-order valence-electron chi connectivity index (χ1n) is 5.86. The van der Waals surface area contributed by atoms with Gasteiger partial charge < -0.3 is 11.1 Å². The van der Waals surface area contributed by atoms with E-state index < -0.39 is 6.04 Å². The van der Waals surface area contributed by atoms with E-state index in [1.807, 2.05) is 38.1 Å². The predicted octanol–water partition coefficient (Wildman–Crippen LogP) is 2.64. The van der Waals surface area contributed by atoms with Gasteiger partial charge in [-0.3, -0.25) is 4.79 Å². The number of carbonyl (C=O) groups excluding carboxylic acids is 1. The summed E-state index contributed by atoms with van der Waals surface area (Å²) >= 11 is 5.81. The Morgan fingerprint density at radius 2 is 2.00 bits per heavy atom. The largest absolute Gasteiger partial charge is 0.348 e. The lowest BCUT2D eigenvalue weighted by Gasteiger charge is -2.17. The molecule has 1 aromatic rings. The number of hydrogen-bond acceptors (Lipinski definition) is 2. The molecule has 1 aromatic carbocycles. The number of halogens is 1. The van der Waals surface area contributed by atoms with Gasteiger partial charge in [-0.25, -0.2) is 0 Å². The van der Waals surface area contributed by atoms with E-state index in [4.69, 9.17) is 17.3 Å². The van der Waals surface area contributed by atoms with E-state index in [9.17, 15) is 4.79 Å². The maximum atomic E-state index is 11.7. The van der Waals surface area contributed by atoms with Gasteiger partial charge in [0.1, 0.15) is 0 Å². The summed E-state index contributed by atoms with van der Waals surface area (Å²) in [5, 5.41) is 3.58. The number of hydrogen-bond donors (Lipinski definition) is 2. The molecule has 1 amide bonds. The third-order valence-corrected chi connectivity index (χ3v) is 2.92. The van der Waals surface area contributed by atoms with Gasteiger partial charge in [-0.2, -0.15) is 0 Å². The first-order chi connectivity index (χ1) is 8.04. The second kappa shape index (κ2) is 6.62. The van der Waals surface area contributed by atoms with Gasteiger partial charge in [-0.05, 0) is 31.0 Å². The minimum absolute atomic E-state index is 0.0531. The molecule has 0 fully saturated rings. The van der Waals surface area contributed by atoms with Gasteiger partial charge in [-0.15, -0.1) is 0 Å². The lowest BCUT2D eigenvalue weighted by molar-refractivity contribution is -0.123. The molecule has 0 radical (unpaired) electrons. The summed E-state index contributed by atoms with van der Waals surface area (Å²) in [5.41, 5.74) is 6.76. The van der Waals surface area contributed by atoms with Crippen LogP contribution in [-0.2, 0) is 4.79 Å². The molecule has 0 aliphatic rings. The average Bonchev–Trinajstić information content (AvgIpc) is 2.30. The van der Waals surface area contributed by atoms with E-state index >= 15 is 0 Å². The lowest BCUT2D eigenvalue weighted by Crippen LogP contribution is -2.41. The van der Waals surface area contributed by atoms with Gasteiger partial charge in [0.2, 0.25) is 5.91 Å². The summed E-state index contributed by atoms with van der Waals surface area (Å²) in [5.74, 6) is -0.102. The molecule has 0 aromatic heterocycles. The minimum atomic E-state index is -0.422. The molecule has 0 saturated heterocycles. The predicted molar refractivity (Wildman–Crippen MR) is 70.9 cm³/mol. The molecule has 0 unspecified atom stereocenters. The van der Waals surface area contributed by atoms with E-state index in [2.05, 4.69) is 5.32 Å². The van der Waals surface area contributed by atoms with Crippen LogP contribution < -0.4 is 11.1 Å². The quantitative estimate of drug-likeness (QED) is 0.849. The third kappa shape index (κ3) is 4.36. The Kier molecular flexibility index (Phi) is 5.45. The smallest absolute Gasteiger partial charge is 0.237 e. The molecule has 17 heavy (non-hydrogen) atoms. The van der Waals surface area contributed by atoms with Crippen LogP contribution in [0.3, 0.4) is 0 Å². The minimum Gasteiger partial charge on any atom is -0.348 e. The van der Waals surface area contributed by atoms with Crippen LogP contribution in [-0.4, -0.2) is 11.9 Å². The van der Waals surface area contributed by atoms with Crippen molar-refractivity contribution >= 4 is 17.5 Å². The molecule has 0 heterocycles. The Labute approximate surface area is 107 Å². The highest BCUT2D eigenvalue weighted by atomic mass is 35.5. The number of nitrogens with one attached hydrogen (secondary N) is 1. The molecule has 3 nitrogen and oxygen atoms in total. The van der Waals surface area contributed by atoms with Gasteiger partial charge in [0.25, 0.3) is 0 Å². The van der Waals surface area contributed by atoms with Crippen LogP contribution >= 0.6 is 11.6 Å². The second-order valence-electron chi connectivity index (χ2n) is 4.18. The molecule has 4 heteroatoms. The van der Waals surface area contributed by atoms with Crippen LogP contribution in [0.1, 0.15) is 38.3 Å². The van der Waals surface area contributed by atoms with Gasteiger partial charge in [0, 0.05) is 5.02 Å². The van der Waals surface area contributed by atoms with E-state index in [0.717, 1.165) is 12.0 Å². The molecule has 94 valence electrons. The maximum Gasteiger partial charge on any atom is 0.237 e. The normalized spacial score (nSPS) is 14.1. The van der Waals surface area contributed by atoms with Gasteiger partial charge in [-0.1, -0.05) is 37.1 Å². The summed E-state index contributed by atoms with van der Waals surface area (Å²) in [6.45, 7) is 3.94. The fourth-order valence-corrected chi connectivity index (χ4v) is 1.72. The number of rotatable bonds is 5. The molecular formula is C13H19ClN2O. The van der Waals surface area contributed by atoms with Crippen LogP contribution in [0.25, 0.3) is 0 Å². The van der Waals surface area contributed by atoms with Crippen LogP contribution in [0.5, 0.6) is 0 Å². The molecule has 1 rings (SSSR count). The van der Waals surface area contributed by atoms with Crippen molar-refractivity contribution in [3.63, 3.8) is 0 Å². The third-order valence-electron chi connectivity index (χ3n) is 2.67. The van der Waals surface area contributed by atoms with Crippen molar-refractivity contribution in [3.8, 4) is 0 Å². The van der Waals surface area contributed by atoms with Crippen LogP contribution in [0.15, 0.2) is 24.3 Å². The highest BCUT2D eigenvalue weighted by molar-refractivity contribution is 6.30. The molecule has 0 bridgehead atoms. The Bertz CT molecular complexity index is 364. The first kappa shape index (κ1) is 14.0. The number of carbonyl (C=O) groups is 1. The highest BCUT2D eigenvalue weighted by Crippen LogP contribution is 2.16. The molecule has 2 atom stereocenters. The monoisotopic (exact) mass is 254 g/mol. The van der Waals surface area contributed by atoms with E-state index in [1.165, 1.54) is 0 Å². The van der Waals surface area contributed by atoms with E-state index in [-0.39, 0.29) is 11.9 Å². The summed E-state index contributed by atoms with van der Waals surface area (Å²) in [4.78, 5) is 11.7. The summed E-state index contributed by atoms with van der Waals surface area (Å²) in [6, 6.07) is 6.95. The van der Waals surface area contributed by atoms with Crippen molar-refractivity contribution < 1.29 is 4.79 Å². The highest BCUT2D eigenvalue weighted by Gasteiger charge is 2.15. The lowest BCUT2D eigenvalue weighted by atomic mass is 10.1. The number of nitrogens with two attached hydrogens (primary N) is 1. The Morgan fingerprint density at radius 1 is 1.41 bits per heavy atom. The van der Waals surface area contributed by atoms with Gasteiger partial charge in [0.15, 0.2) is 0 Å². The SMILES string of the molecule is CCC[C@H](N)C(=O)N[C@H](C)c1ccc(Cl)cc1. The maximum absolute atomic E-state index is 11.7. The Balaban J connectivity index is 2.57. The molecule has 0 saturated carbocycles. The van der Waals surface area contributed by atoms with Crippen molar-refractivity contribution in [2.45, 2.75) is 38.8 Å². The van der Waals surface area contributed by atoms with Crippen molar-refractivity contribution in [3.05, 3.63) is 34.9 Å². The summed E-state index contributed by atoms with van der Waals surface area (Å²) < 4.78 is 0. The molecule has 0 aliphatic heterocycles. The zero-order chi connectivity index (χ0) is 12.8. The zero-order valence-electron chi connectivity index (χ0n) is 10.2. The zero-order valence-corrected chi connectivity index (χ0v) is 11.0. The molecule has 0 spiro atoms. The first-order valence-corrected chi connectivity index (χ1v) is 6.23. The van der Waals surface area contributed by atoms with E-state index in [1.54, 1.807) is 0 Å². The number of amides is 1. The van der Waals surface area contributed by atoms with Crippen molar-refractivity contribution in [2.24, 2.45) is 5.73 Å². The van der Waals surface area contributed by atoms with Crippen molar-refractivity contribution in [1.29, 1.82) is 0 Å². The second-order valence-corrected chi connectivity index (χ2v) is 4.61. The standard InChI is InChI=1S/C13H19ClN2O/c1-3-4-12(15)13(17)16-9(2)10-5-7-11(14)8-6-10/h5-9,12H,3-4,15H2,1-2H3,(H,16,17)/t9-,12+/m1/s1. The van der Waals surface area contributed by atoms with Crippen LogP contribution in [0, 0.1) is 0 Å². The topological polar surface area (TPSA) is 55.1 Å². The van der Waals surface area contributed by atoms with E-state index in [0.29, 0.717) is 11.4 Å². The Morgan fingerprint density at radius 3 is 2.53 bits per heavy atom. The fraction of sp³-hybridized carbons (Fsp3) is 0.462. The summed E-state index contributed by atoms with van der Waals surface area (Å²) in [6.07, 6.45) is 1.61. The van der Waals surface area contributed by atoms with Crippen LogP contribution in [0.4, 0.5) is 0 Å². The van der Waals surface area contributed by atoms with Gasteiger partial charge >= 0.3 is 0 Å². The average molecular weight is 255 g/mol. The molecule has 0 aliphatic carbocycles. The molecule has 3 N–H and O–H groups in total. The Hall–Kier alpha value is -1.06. The van der Waals surface area contributed by atoms with Crippen molar-refractivity contribution in [2.75, 3.05) is 0 Å². The van der Waals surface area contributed by atoms with Gasteiger partial charge in [0.05, 0.1) is 12.1 Å². The molecular weight excluding hydrogens is 236 g/mol.